The Morgan fingerprint density at radius 1 is 1.32 bits per heavy atom. The summed E-state index contributed by atoms with van der Waals surface area (Å²) in [7, 11) is 0. The zero-order chi connectivity index (χ0) is 25.6. The molecule has 0 aromatic carbocycles. The Hall–Kier alpha value is -2.64. The number of nitrogens with zero attached hydrogens (tertiary/aromatic N) is 2. The third kappa shape index (κ3) is 4.16. The van der Waals surface area contributed by atoms with E-state index >= 15 is 0 Å². The van der Waals surface area contributed by atoms with Crippen molar-refractivity contribution in [3.8, 4) is 0 Å². The Labute approximate surface area is 194 Å². The Morgan fingerprint density at radius 2 is 1.97 bits per heavy atom. The number of aromatic nitrogens is 1. The van der Waals surface area contributed by atoms with E-state index in [1.165, 1.54) is 0 Å². The lowest BCUT2D eigenvalue weighted by molar-refractivity contribution is -0.366. The summed E-state index contributed by atoms with van der Waals surface area (Å²) < 4.78 is 15.5. The number of aliphatic imine (C=N–C) groups is 1. The topological polar surface area (TPSA) is 256 Å². The van der Waals surface area contributed by atoms with E-state index in [-0.39, 0.29) is 18.3 Å². The van der Waals surface area contributed by atoms with Crippen LogP contribution in [0.4, 0.5) is 5.82 Å². The maximum Gasteiger partial charge on any atom is 0.311 e. The minimum atomic E-state index is -3.78. The number of esters is 2. The highest BCUT2D eigenvalue weighted by Crippen LogP contribution is 2.48. The molecule has 1 fully saturated rings. The number of aliphatic hydroxyl groups excluding tert-OH is 1. The molecular weight excluding hydrogens is 484 g/mol. The van der Waals surface area contributed by atoms with Crippen molar-refractivity contribution in [1.29, 1.82) is 0 Å². The second-order valence-electron chi connectivity index (χ2n) is 7.71. The van der Waals surface area contributed by atoms with Gasteiger partial charge in [-0.15, -0.1) is 0 Å². The molecule has 0 bridgehead atoms. The van der Waals surface area contributed by atoms with Crippen LogP contribution in [0.3, 0.4) is 0 Å². The monoisotopic (exact) mass is 508 g/mol. The Balaban J connectivity index is 2.10. The van der Waals surface area contributed by atoms with Crippen LogP contribution in [0, 0.1) is 0 Å². The van der Waals surface area contributed by atoms with E-state index in [1.54, 1.807) is 0 Å². The quantitative estimate of drug-likeness (QED) is 0.127. The number of fused-ring (bicyclic) bond motifs is 1. The molecule has 0 aliphatic carbocycles. The first-order valence-corrected chi connectivity index (χ1v) is 10.5. The van der Waals surface area contributed by atoms with E-state index < -0.39 is 65.6 Å². The van der Waals surface area contributed by atoms with Gasteiger partial charge in [-0.2, -0.15) is 4.99 Å². The van der Waals surface area contributed by atoms with Crippen molar-refractivity contribution in [1.82, 2.24) is 9.88 Å². The molecule has 17 heteroatoms. The zero-order valence-corrected chi connectivity index (χ0v) is 18.7. The van der Waals surface area contributed by atoms with Gasteiger partial charge in [0.2, 0.25) is 0 Å². The number of aliphatic hydroxyl groups is 6. The van der Waals surface area contributed by atoms with Gasteiger partial charge < -0.3 is 55.9 Å². The van der Waals surface area contributed by atoms with E-state index in [1.807, 2.05) is 0 Å². The van der Waals surface area contributed by atoms with Crippen LogP contribution in [0.1, 0.15) is 25.0 Å². The average Bonchev–Trinajstić information content (AvgIpc) is 3.13. The van der Waals surface area contributed by atoms with Crippen LogP contribution in [0.15, 0.2) is 9.79 Å². The van der Waals surface area contributed by atoms with Gasteiger partial charge >= 0.3 is 16.8 Å². The van der Waals surface area contributed by atoms with E-state index in [2.05, 4.69) is 10.3 Å². The van der Waals surface area contributed by atoms with Gasteiger partial charge in [-0.3, -0.25) is 19.0 Å². The Kier molecular flexibility index (Phi) is 6.77. The van der Waals surface area contributed by atoms with E-state index in [9.17, 15) is 45.0 Å². The number of carbonyl (C=O) groups excluding carboxylic acids is 2. The van der Waals surface area contributed by atoms with Crippen LogP contribution >= 0.6 is 11.3 Å². The molecule has 3 rings (SSSR count). The molecular formula is C17H24N4O12S. The summed E-state index contributed by atoms with van der Waals surface area (Å²) in [6.07, 6.45) is -6.79. The maximum atomic E-state index is 12.6. The third-order valence-corrected chi connectivity index (χ3v) is 6.25. The molecule has 4 atom stereocenters. The molecule has 0 radical (unpaired) electrons. The maximum absolute atomic E-state index is 12.6. The van der Waals surface area contributed by atoms with Gasteiger partial charge in [-0.05, 0) is 0 Å². The molecule has 1 saturated heterocycles. The summed E-state index contributed by atoms with van der Waals surface area (Å²) in [6, 6.07) is 0. The van der Waals surface area contributed by atoms with E-state index in [4.69, 9.17) is 19.9 Å². The van der Waals surface area contributed by atoms with Gasteiger partial charge in [-0.1, -0.05) is 11.3 Å². The van der Waals surface area contributed by atoms with Crippen molar-refractivity contribution in [2.24, 2.45) is 10.7 Å². The highest BCUT2D eigenvalue weighted by molar-refractivity contribution is 7.09. The lowest BCUT2D eigenvalue weighted by Crippen LogP contribution is -2.69. The van der Waals surface area contributed by atoms with Crippen LogP contribution in [-0.4, -0.2) is 95.7 Å². The van der Waals surface area contributed by atoms with Gasteiger partial charge in [0.1, 0.15) is 6.61 Å². The van der Waals surface area contributed by atoms with Crippen LogP contribution in [0.5, 0.6) is 0 Å². The second-order valence-corrected chi connectivity index (χ2v) is 8.75. The molecule has 190 valence electrons. The number of guanidine groups is 1. The normalized spacial score (nSPS) is 25.4. The predicted molar refractivity (Wildman–Crippen MR) is 109 cm³/mol. The Morgan fingerprint density at radius 3 is 2.53 bits per heavy atom. The van der Waals surface area contributed by atoms with Gasteiger partial charge in [0.05, 0.1) is 18.0 Å². The van der Waals surface area contributed by atoms with Crippen LogP contribution in [0.2, 0.25) is 0 Å². The first-order chi connectivity index (χ1) is 15.7. The fraction of sp³-hybridized carbons (Fsp3) is 0.647. The molecule has 1 unspecified atom stereocenters. The number of thiazole rings is 1. The van der Waals surface area contributed by atoms with Crippen molar-refractivity contribution in [3.05, 3.63) is 14.5 Å². The second kappa shape index (κ2) is 8.86. The number of rotatable bonds is 7. The summed E-state index contributed by atoms with van der Waals surface area (Å²) in [5.74, 6) is -9.67. The number of ether oxygens (including phenoxy) is 3. The van der Waals surface area contributed by atoms with Crippen LogP contribution in [-0.2, 0) is 30.3 Å². The molecule has 2 aliphatic rings. The number of hydrogen-bond acceptors (Lipinski definition) is 16. The molecule has 3 heterocycles. The molecule has 0 amide bonds. The highest BCUT2D eigenvalue weighted by atomic mass is 32.1. The third-order valence-electron chi connectivity index (χ3n) is 5.30. The van der Waals surface area contributed by atoms with Gasteiger partial charge in [0.25, 0.3) is 11.6 Å². The van der Waals surface area contributed by atoms with Gasteiger partial charge in [0.15, 0.2) is 35.8 Å². The van der Waals surface area contributed by atoms with Crippen molar-refractivity contribution in [2.75, 3.05) is 13.2 Å². The van der Waals surface area contributed by atoms with Gasteiger partial charge in [-0.25, -0.2) is 0 Å². The molecule has 1 aromatic rings. The zero-order valence-electron chi connectivity index (χ0n) is 17.9. The molecule has 16 nitrogen and oxygen atoms in total. The summed E-state index contributed by atoms with van der Waals surface area (Å²) in [6.45, 7) is -0.325. The van der Waals surface area contributed by atoms with Crippen molar-refractivity contribution >= 4 is 35.1 Å². The van der Waals surface area contributed by atoms with E-state index in [0.717, 1.165) is 13.8 Å². The van der Waals surface area contributed by atoms with Crippen molar-refractivity contribution < 1.29 is 54.4 Å². The van der Waals surface area contributed by atoms with Crippen molar-refractivity contribution in [3.63, 3.8) is 0 Å². The number of nitrogens with one attached hydrogen (secondary N) is 1. The first kappa shape index (κ1) is 26.0. The fourth-order valence-electron chi connectivity index (χ4n) is 3.61. The highest BCUT2D eigenvalue weighted by Gasteiger charge is 2.73. The number of hydrogen-bond donors (Lipinski definition) is 8. The molecule has 1 aromatic heterocycles. The molecule has 0 spiro atoms. The largest absolute Gasteiger partial charge is 0.462 e. The Bertz CT molecular complexity index is 1070. The SMILES string of the molecule is CC(=O)OCC(OC(C)=O)[C@@](O)(CO)[C@H]1O[C@@H](n2c3c(sc2=O)CNC(N)=N3)C(O)(O)C1(O)O. The average molecular weight is 508 g/mol. The fourth-order valence-corrected chi connectivity index (χ4v) is 4.48. The van der Waals surface area contributed by atoms with Gasteiger partial charge in [0, 0.05) is 13.8 Å². The predicted octanol–water partition coefficient (Wildman–Crippen LogP) is -4.56. The van der Waals surface area contributed by atoms with Crippen LogP contribution in [0.25, 0.3) is 0 Å². The van der Waals surface area contributed by atoms with E-state index in [0.29, 0.717) is 20.8 Å². The summed E-state index contributed by atoms with van der Waals surface area (Å²) in [5, 5.41) is 66.3. The smallest absolute Gasteiger partial charge is 0.311 e. The number of carbonyl (C=O) groups is 2. The van der Waals surface area contributed by atoms with Crippen molar-refractivity contribution in [2.45, 2.75) is 56.0 Å². The summed E-state index contributed by atoms with van der Waals surface area (Å²) in [4.78, 5) is 38.8. The standard InChI is InChI=1S/C17H24N4O12S/c1-6(23)31-4-9(32-7(2)24)15(26,5-22)11-16(27,28)17(29,30)12(33-11)21-10-8(34-14(21)25)3-19-13(18)20-10/h9,11-12,22,26-30H,3-5H2,1-2H3,(H3,18,19,20)/t9?,11-,12-,15+/m1/s1. The molecule has 34 heavy (non-hydrogen) atoms. The lowest BCUT2D eigenvalue weighted by atomic mass is 9.84. The number of nitrogens with two attached hydrogens (primary N) is 1. The van der Waals surface area contributed by atoms with Crippen LogP contribution < -0.4 is 15.9 Å². The lowest BCUT2D eigenvalue weighted by Gasteiger charge is -2.41. The first-order valence-electron chi connectivity index (χ1n) is 9.67. The molecule has 0 saturated carbocycles. The minimum Gasteiger partial charge on any atom is -0.462 e. The molecule has 2 aliphatic heterocycles. The minimum absolute atomic E-state index is 0.0540. The summed E-state index contributed by atoms with van der Waals surface area (Å²) in [5.41, 5.74) is 2.62. The molecule has 9 N–H and O–H groups in total. The summed E-state index contributed by atoms with van der Waals surface area (Å²) >= 11 is 0.625.